The Morgan fingerprint density at radius 1 is 1.25 bits per heavy atom. The van der Waals surface area contributed by atoms with Crippen LogP contribution in [0.4, 0.5) is 0 Å². The average Bonchev–Trinajstić information content (AvgIpc) is 2.79. The number of nitrogens with two attached hydrogens (primary N) is 1. The first-order valence-corrected chi connectivity index (χ1v) is 6.59. The van der Waals surface area contributed by atoms with E-state index in [4.69, 9.17) is 5.73 Å². The van der Waals surface area contributed by atoms with Gasteiger partial charge < -0.3 is 5.73 Å². The van der Waals surface area contributed by atoms with Crippen molar-refractivity contribution in [2.75, 3.05) is 0 Å². The number of hydrogen-bond acceptors (Lipinski definition) is 2. The van der Waals surface area contributed by atoms with E-state index >= 15 is 0 Å². The molecule has 1 nitrogen and oxygen atoms in total. The van der Waals surface area contributed by atoms with Gasteiger partial charge in [0.15, 0.2) is 0 Å². The van der Waals surface area contributed by atoms with Gasteiger partial charge >= 0.3 is 0 Å². The summed E-state index contributed by atoms with van der Waals surface area (Å²) < 4.78 is 0. The molecule has 1 heterocycles. The van der Waals surface area contributed by atoms with E-state index in [1.165, 1.54) is 22.4 Å². The summed E-state index contributed by atoms with van der Waals surface area (Å²) >= 11 is 1.76. The number of thiophene rings is 1. The molecule has 1 aliphatic rings. The lowest BCUT2D eigenvalue weighted by molar-refractivity contribution is 0.502. The van der Waals surface area contributed by atoms with Crippen LogP contribution < -0.4 is 5.73 Å². The van der Waals surface area contributed by atoms with Crippen LogP contribution in [0.2, 0.25) is 0 Å². The largest absolute Gasteiger partial charge is 0.323 e. The highest BCUT2D eigenvalue weighted by Crippen LogP contribution is 2.40. The fourth-order valence-corrected chi connectivity index (χ4v) is 3.24. The molecule has 0 saturated heterocycles. The maximum absolute atomic E-state index is 6.22. The number of hydrogen-bond donors (Lipinski definition) is 1. The fourth-order valence-electron chi connectivity index (χ4n) is 2.50. The first kappa shape index (κ1) is 10.1. The highest BCUT2D eigenvalue weighted by Gasteiger charge is 2.27. The van der Waals surface area contributed by atoms with Crippen LogP contribution in [0.5, 0.6) is 0 Å². The lowest BCUT2D eigenvalue weighted by Crippen LogP contribution is -2.22. The Hall–Kier alpha value is -1.12. The monoisotopic (exact) mass is 229 g/mol. The van der Waals surface area contributed by atoms with Crippen LogP contribution in [0.25, 0.3) is 0 Å². The zero-order chi connectivity index (χ0) is 11.0. The molecule has 0 radical (unpaired) electrons. The molecular weight excluding hydrogens is 214 g/mol. The molecule has 0 bridgehead atoms. The molecule has 1 aliphatic carbocycles. The summed E-state index contributed by atoms with van der Waals surface area (Å²) in [7, 11) is 0. The van der Waals surface area contributed by atoms with E-state index in [0.29, 0.717) is 5.92 Å². The van der Waals surface area contributed by atoms with Crippen LogP contribution in [-0.4, -0.2) is 0 Å². The summed E-state index contributed by atoms with van der Waals surface area (Å²) in [6.07, 6.45) is 2.28. The van der Waals surface area contributed by atoms with Crippen molar-refractivity contribution >= 4 is 11.3 Å². The Morgan fingerprint density at radius 2 is 2.12 bits per heavy atom. The SMILES string of the molecule is NC(CC1Cc2ccccc21)c1cccs1. The van der Waals surface area contributed by atoms with E-state index in [2.05, 4.69) is 41.8 Å². The lowest BCUT2D eigenvalue weighted by Gasteiger charge is -2.31. The molecule has 1 aromatic heterocycles. The van der Waals surface area contributed by atoms with Crippen molar-refractivity contribution in [3.63, 3.8) is 0 Å². The van der Waals surface area contributed by atoms with Crippen LogP contribution in [-0.2, 0) is 6.42 Å². The average molecular weight is 229 g/mol. The van der Waals surface area contributed by atoms with Crippen molar-refractivity contribution in [3.8, 4) is 0 Å². The standard InChI is InChI=1S/C14H15NS/c15-13(14-6-3-7-16-14)9-11-8-10-4-1-2-5-12(10)11/h1-7,11,13H,8-9,15H2. The Bertz CT molecular complexity index is 475. The predicted molar refractivity (Wildman–Crippen MR) is 68.8 cm³/mol. The summed E-state index contributed by atoms with van der Waals surface area (Å²) in [5, 5.41) is 2.10. The van der Waals surface area contributed by atoms with E-state index in [-0.39, 0.29) is 6.04 Å². The minimum absolute atomic E-state index is 0.207. The Morgan fingerprint density at radius 3 is 2.88 bits per heavy atom. The summed E-state index contributed by atoms with van der Waals surface area (Å²) in [6.45, 7) is 0. The van der Waals surface area contributed by atoms with Gasteiger partial charge in [0.25, 0.3) is 0 Å². The third kappa shape index (κ3) is 1.68. The third-order valence-electron chi connectivity index (χ3n) is 3.41. The van der Waals surface area contributed by atoms with Gasteiger partial charge in [-0.2, -0.15) is 0 Å². The minimum Gasteiger partial charge on any atom is -0.323 e. The summed E-state index contributed by atoms with van der Waals surface area (Å²) in [4.78, 5) is 1.31. The molecule has 2 atom stereocenters. The van der Waals surface area contributed by atoms with Crippen LogP contribution in [0, 0.1) is 0 Å². The molecule has 2 aromatic rings. The van der Waals surface area contributed by atoms with E-state index in [1.54, 1.807) is 11.3 Å². The van der Waals surface area contributed by atoms with E-state index < -0.39 is 0 Å². The molecule has 82 valence electrons. The van der Waals surface area contributed by atoms with Gasteiger partial charge in [-0.3, -0.25) is 0 Å². The van der Waals surface area contributed by atoms with Gasteiger partial charge in [0.1, 0.15) is 0 Å². The molecule has 1 aromatic carbocycles. The summed E-state index contributed by atoms with van der Waals surface area (Å²) in [5.41, 5.74) is 9.23. The number of benzene rings is 1. The Kier molecular flexibility index (Phi) is 2.54. The molecule has 0 aliphatic heterocycles. The quantitative estimate of drug-likeness (QED) is 0.856. The first-order chi connectivity index (χ1) is 7.84. The smallest absolute Gasteiger partial charge is 0.0395 e. The third-order valence-corrected chi connectivity index (χ3v) is 4.41. The highest BCUT2D eigenvalue weighted by atomic mass is 32.1. The number of fused-ring (bicyclic) bond motifs is 1. The molecule has 16 heavy (non-hydrogen) atoms. The lowest BCUT2D eigenvalue weighted by atomic mass is 9.74. The molecular formula is C14H15NS. The normalized spacial score (nSPS) is 19.9. The molecule has 2 heteroatoms. The van der Waals surface area contributed by atoms with Crippen LogP contribution in [0.1, 0.15) is 34.4 Å². The summed E-state index contributed by atoms with van der Waals surface area (Å²) in [6, 6.07) is 13.1. The van der Waals surface area contributed by atoms with Gasteiger partial charge in [-0.15, -0.1) is 11.3 Å². The predicted octanol–water partition coefficient (Wildman–Crippen LogP) is 3.48. The molecule has 0 amide bonds. The number of rotatable bonds is 3. The van der Waals surface area contributed by atoms with Crippen LogP contribution in [0.3, 0.4) is 0 Å². The fraction of sp³-hybridized carbons (Fsp3) is 0.286. The second-order valence-electron chi connectivity index (χ2n) is 4.46. The maximum Gasteiger partial charge on any atom is 0.0395 e. The van der Waals surface area contributed by atoms with Gasteiger partial charge in [-0.1, -0.05) is 30.3 Å². The van der Waals surface area contributed by atoms with E-state index in [0.717, 1.165) is 6.42 Å². The summed E-state index contributed by atoms with van der Waals surface area (Å²) in [5.74, 6) is 0.674. The van der Waals surface area contributed by atoms with Crippen molar-refractivity contribution in [2.24, 2.45) is 5.73 Å². The first-order valence-electron chi connectivity index (χ1n) is 5.71. The van der Waals surface area contributed by atoms with Gasteiger partial charge in [0, 0.05) is 10.9 Å². The molecule has 3 rings (SSSR count). The van der Waals surface area contributed by atoms with Gasteiger partial charge in [-0.25, -0.2) is 0 Å². The minimum atomic E-state index is 0.207. The van der Waals surface area contributed by atoms with Crippen LogP contribution in [0.15, 0.2) is 41.8 Å². The highest BCUT2D eigenvalue weighted by molar-refractivity contribution is 7.10. The van der Waals surface area contributed by atoms with Crippen molar-refractivity contribution in [1.29, 1.82) is 0 Å². The van der Waals surface area contributed by atoms with Crippen molar-refractivity contribution < 1.29 is 0 Å². The van der Waals surface area contributed by atoms with Gasteiger partial charge in [0.2, 0.25) is 0 Å². The van der Waals surface area contributed by atoms with E-state index in [1.807, 2.05) is 0 Å². The van der Waals surface area contributed by atoms with Gasteiger partial charge in [-0.05, 0) is 41.3 Å². The zero-order valence-electron chi connectivity index (χ0n) is 9.10. The Balaban J connectivity index is 1.70. The second kappa shape index (κ2) is 4.04. The van der Waals surface area contributed by atoms with Crippen molar-refractivity contribution in [1.82, 2.24) is 0 Å². The topological polar surface area (TPSA) is 26.0 Å². The molecule has 2 N–H and O–H groups in total. The van der Waals surface area contributed by atoms with Crippen molar-refractivity contribution in [3.05, 3.63) is 57.8 Å². The van der Waals surface area contributed by atoms with E-state index in [9.17, 15) is 0 Å². The van der Waals surface area contributed by atoms with Crippen molar-refractivity contribution in [2.45, 2.75) is 24.8 Å². The maximum atomic E-state index is 6.22. The molecule has 0 saturated carbocycles. The zero-order valence-corrected chi connectivity index (χ0v) is 9.91. The molecule has 0 spiro atoms. The van der Waals surface area contributed by atoms with Gasteiger partial charge in [0.05, 0.1) is 0 Å². The Labute approximate surface area is 99.9 Å². The molecule has 0 fully saturated rings. The molecule has 2 unspecified atom stereocenters. The second-order valence-corrected chi connectivity index (χ2v) is 5.44. The van der Waals surface area contributed by atoms with Crippen LogP contribution >= 0.6 is 11.3 Å².